The average Bonchev–Trinajstić information content (AvgIpc) is 2.54. The Bertz CT molecular complexity index is 542. The first-order valence-electron chi connectivity index (χ1n) is 7.43. The topological polar surface area (TPSA) is 60.9 Å². The zero-order chi connectivity index (χ0) is 16.1. The summed E-state index contributed by atoms with van der Waals surface area (Å²) in [5, 5.41) is 8.83. The molecule has 120 valence electrons. The standard InChI is InChI=1S/C16H21FN2O3/c1-12(13-4-2-3-5-14(13)17)10-15(21)18-6-8-19(9-7-18)16(22)11-20/h2-5,12,20H,6-11H2,1H3. The van der Waals surface area contributed by atoms with Crippen LogP contribution in [-0.2, 0) is 9.59 Å². The van der Waals surface area contributed by atoms with Crippen LogP contribution in [0.25, 0.3) is 0 Å². The molecule has 1 unspecified atom stereocenters. The number of benzene rings is 1. The fourth-order valence-corrected chi connectivity index (χ4v) is 2.68. The van der Waals surface area contributed by atoms with Gasteiger partial charge in [-0.25, -0.2) is 4.39 Å². The molecule has 1 aliphatic heterocycles. The van der Waals surface area contributed by atoms with Crippen molar-refractivity contribution < 1.29 is 19.1 Å². The number of nitrogens with zero attached hydrogens (tertiary/aromatic N) is 2. The van der Waals surface area contributed by atoms with Crippen LogP contribution in [0.2, 0.25) is 0 Å². The van der Waals surface area contributed by atoms with Gasteiger partial charge in [0.15, 0.2) is 0 Å². The Balaban J connectivity index is 1.88. The molecule has 1 aromatic carbocycles. The van der Waals surface area contributed by atoms with E-state index in [1.807, 2.05) is 6.92 Å². The molecule has 0 saturated carbocycles. The van der Waals surface area contributed by atoms with E-state index in [0.717, 1.165) is 0 Å². The van der Waals surface area contributed by atoms with E-state index in [9.17, 15) is 14.0 Å². The molecule has 1 heterocycles. The van der Waals surface area contributed by atoms with E-state index in [1.54, 1.807) is 28.0 Å². The Morgan fingerprint density at radius 3 is 2.23 bits per heavy atom. The highest BCUT2D eigenvalue weighted by molar-refractivity contribution is 5.79. The second-order valence-corrected chi connectivity index (χ2v) is 5.55. The number of halogens is 1. The lowest BCUT2D eigenvalue weighted by atomic mass is 9.96. The van der Waals surface area contributed by atoms with Crippen molar-refractivity contribution in [1.82, 2.24) is 9.80 Å². The van der Waals surface area contributed by atoms with Gasteiger partial charge >= 0.3 is 0 Å². The minimum Gasteiger partial charge on any atom is -0.387 e. The number of aliphatic hydroxyl groups is 1. The van der Waals surface area contributed by atoms with Gasteiger partial charge in [-0.1, -0.05) is 25.1 Å². The molecule has 1 atom stereocenters. The third-order valence-electron chi connectivity index (χ3n) is 4.04. The van der Waals surface area contributed by atoms with E-state index in [-0.39, 0.29) is 30.0 Å². The van der Waals surface area contributed by atoms with Gasteiger partial charge in [0, 0.05) is 32.6 Å². The third kappa shape index (κ3) is 3.82. The Hall–Kier alpha value is -1.95. The molecule has 5 nitrogen and oxygen atoms in total. The van der Waals surface area contributed by atoms with E-state index >= 15 is 0 Å². The number of hydrogen-bond donors (Lipinski definition) is 1. The van der Waals surface area contributed by atoms with Crippen molar-refractivity contribution in [2.24, 2.45) is 0 Å². The predicted molar refractivity (Wildman–Crippen MR) is 79.7 cm³/mol. The maximum absolute atomic E-state index is 13.7. The molecule has 1 fully saturated rings. The monoisotopic (exact) mass is 308 g/mol. The second-order valence-electron chi connectivity index (χ2n) is 5.55. The van der Waals surface area contributed by atoms with Crippen molar-refractivity contribution in [2.45, 2.75) is 19.3 Å². The molecular weight excluding hydrogens is 287 g/mol. The predicted octanol–water partition coefficient (Wildman–Crippen LogP) is 0.982. The van der Waals surface area contributed by atoms with Gasteiger partial charge in [0.05, 0.1) is 0 Å². The number of carbonyl (C=O) groups is 2. The Labute approximate surface area is 129 Å². The lowest BCUT2D eigenvalue weighted by molar-refractivity contribution is -0.141. The zero-order valence-corrected chi connectivity index (χ0v) is 12.7. The first-order valence-corrected chi connectivity index (χ1v) is 7.43. The molecule has 1 aliphatic rings. The van der Waals surface area contributed by atoms with E-state index < -0.39 is 6.61 Å². The lowest BCUT2D eigenvalue weighted by Crippen LogP contribution is -2.51. The first-order chi connectivity index (χ1) is 10.5. The molecule has 2 rings (SSSR count). The van der Waals surface area contributed by atoms with Crippen LogP contribution < -0.4 is 0 Å². The number of amides is 2. The van der Waals surface area contributed by atoms with E-state index in [1.165, 1.54) is 6.07 Å². The molecule has 0 bridgehead atoms. The summed E-state index contributed by atoms with van der Waals surface area (Å²) in [6, 6.07) is 6.49. The molecular formula is C16H21FN2O3. The summed E-state index contributed by atoms with van der Waals surface area (Å²) >= 11 is 0. The molecule has 2 amide bonds. The zero-order valence-electron chi connectivity index (χ0n) is 12.7. The average molecular weight is 308 g/mol. The van der Waals surface area contributed by atoms with Crippen molar-refractivity contribution in [2.75, 3.05) is 32.8 Å². The van der Waals surface area contributed by atoms with Crippen LogP contribution in [0, 0.1) is 5.82 Å². The summed E-state index contributed by atoms with van der Waals surface area (Å²) < 4.78 is 13.7. The molecule has 0 radical (unpaired) electrons. The van der Waals surface area contributed by atoms with Gasteiger partial charge in [0.1, 0.15) is 12.4 Å². The van der Waals surface area contributed by atoms with Crippen LogP contribution in [0.1, 0.15) is 24.8 Å². The largest absolute Gasteiger partial charge is 0.387 e. The fraction of sp³-hybridized carbons (Fsp3) is 0.500. The lowest BCUT2D eigenvalue weighted by Gasteiger charge is -2.35. The SMILES string of the molecule is CC(CC(=O)N1CCN(C(=O)CO)CC1)c1ccccc1F. The smallest absolute Gasteiger partial charge is 0.248 e. The summed E-state index contributed by atoms with van der Waals surface area (Å²) in [4.78, 5) is 26.9. The van der Waals surface area contributed by atoms with Gasteiger partial charge < -0.3 is 14.9 Å². The Kier molecular flexibility index (Phi) is 5.49. The van der Waals surface area contributed by atoms with E-state index in [2.05, 4.69) is 0 Å². The summed E-state index contributed by atoms with van der Waals surface area (Å²) in [7, 11) is 0. The third-order valence-corrected chi connectivity index (χ3v) is 4.04. The molecule has 22 heavy (non-hydrogen) atoms. The van der Waals surface area contributed by atoms with Crippen LogP contribution in [-0.4, -0.2) is 59.5 Å². The maximum Gasteiger partial charge on any atom is 0.248 e. The van der Waals surface area contributed by atoms with Crippen LogP contribution in [0.3, 0.4) is 0 Å². The molecule has 0 aromatic heterocycles. The van der Waals surface area contributed by atoms with Crippen molar-refractivity contribution in [3.63, 3.8) is 0 Å². The van der Waals surface area contributed by atoms with Gasteiger partial charge in [0.25, 0.3) is 0 Å². The quantitative estimate of drug-likeness (QED) is 0.902. The van der Waals surface area contributed by atoms with Gasteiger partial charge in [-0.15, -0.1) is 0 Å². The minimum atomic E-state index is -0.502. The number of aliphatic hydroxyl groups excluding tert-OH is 1. The fourth-order valence-electron chi connectivity index (χ4n) is 2.68. The van der Waals surface area contributed by atoms with Crippen molar-refractivity contribution in [3.05, 3.63) is 35.6 Å². The van der Waals surface area contributed by atoms with Crippen molar-refractivity contribution in [1.29, 1.82) is 0 Å². The molecule has 1 saturated heterocycles. The van der Waals surface area contributed by atoms with E-state index in [0.29, 0.717) is 31.7 Å². The number of hydrogen-bond acceptors (Lipinski definition) is 3. The second kappa shape index (κ2) is 7.35. The number of piperazine rings is 1. The van der Waals surface area contributed by atoms with Gasteiger partial charge in [-0.3, -0.25) is 9.59 Å². The normalized spacial score (nSPS) is 16.5. The molecule has 6 heteroatoms. The van der Waals surface area contributed by atoms with Crippen LogP contribution in [0.4, 0.5) is 4.39 Å². The van der Waals surface area contributed by atoms with Gasteiger partial charge in [0.2, 0.25) is 11.8 Å². The highest BCUT2D eigenvalue weighted by atomic mass is 19.1. The number of rotatable bonds is 4. The summed E-state index contributed by atoms with van der Waals surface area (Å²) in [5.41, 5.74) is 0.546. The molecule has 0 spiro atoms. The Morgan fingerprint density at radius 1 is 1.14 bits per heavy atom. The summed E-state index contributed by atoms with van der Waals surface area (Å²) in [6.07, 6.45) is 0.245. The maximum atomic E-state index is 13.7. The van der Waals surface area contributed by atoms with Crippen molar-refractivity contribution in [3.8, 4) is 0 Å². The summed E-state index contributed by atoms with van der Waals surface area (Å²) in [6.45, 7) is 3.10. The highest BCUT2D eigenvalue weighted by Crippen LogP contribution is 2.23. The van der Waals surface area contributed by atoms with Gasteiger partial charge in [-0.05, 0) is 17.5 Å². The Morgan fingerprint density at radius 2 is 1.68 bits per heavy atom. The number of carbonyl (C=O) groups excluding carboxylic acids is 2. The van der Waals surface area contributed by atoms with E-state index in [4.69, 9.17) is 5.11 Å². The van der Waals surface area contributed by atoms with Crippen LogP contribution in [0.15, 0.2) is 24.3 Å². The first kappa shape index (κ1) is 16.4. The van der Waals surface area contributed by atoms with Crippen LogP contribution in [0.5, 0.6) is 0 Å². The minimum absolute atomic E-state index is 0.0353. The molecule has 0 aliphatic carbocycles. The molecule has 1 aromatic rings. The summed E-state index contributed by atoms with van der Waals surface area (Å²) in [5.74, 6) is -0.828. The van der Waals surface area contributed by atoms with Gasteiger partial charge in [-0.2, -0.15) is 0 Å². The molecule has 1 N–H and O–H groups in total. The highest BCUT2D eigenvalue weighted by Gasteiger charge is 2.25. The van der Waals surface area contributed by atoms with Crippen LogP contribution >= 0.6 is 0 Å². The van der Waals surface area contributed by atoms with Crippen molar-refractivity contribution >= 4 is 11.8 Å².